The van der Waals surface area contributed by atoms with Gasteiger partial charge in [0.15, 0.2) is 0 Å². The van der Waals surface area contributed by atoms with Crippen molar-refractivity contribution in [2.24, 2.45) is 0 Å². The van der Waals surface area contributed by atoms with Gasteiger partial charge in [0.25, 0.3) is 0 Å². The van der Waals surface area contributed by atoms with Crippen LogP contribution in [0.4, 0.5) is 0 Å². The Bertz CT molecular complexity index is 321. The second-order valence-electron chi connectivity index (χ2n) is 4.01. The van der Waals surface area contributed by atoms with E-state index in [-0.39, 0.29) is 93.3 Å². The number of hydrogen-bond donors (Lipinski definition) is 0. The van der Waals surface area contributed by atoms with E-state index in [1.165, 1.54) is 5.56 Å². The van der Waals surface area contributed by atoms with Gasteiger partial charge in [-0.05, 0) is 24.6 Å². The molecule has 1 aromatic heterocycles. The zero-order valence-electron chi connectivity index (χ0n) is 11.2. The summed E-state index contributed by atoms with van der Waals surface area (Å²) in [5, 5.41) is 13.2. The summed E-state index contributed by atoms with van der Waals surface area (Å²) in [6, 6.07) is 4.19. The van der Waals surface area contributed by atoms with E-state index < -0.39 is 0 Å². The topological polar surface area (TPSA) is 55.2 Å². The van der Waals surface area contributed by atoms with Gasteiger partial charge in [0.1, 0.15) is 0 Å². The molecular weight excluding hydrogens is 914 g/mol. The van der Waals surface area contributed by atoms with E-state index in [9.17, 15) is 0 Å². The van der Waals surface area contributed by atoms with Crippen molar-refractivity contribution in [2.75, 3.05) is 26.2 Å². The summed E-state index contributed by atoms with van der Waals surface area (Å²) in [4.78, 5) is 4.55. The van der Waals surface area contributed by atoms with Gasteiger partial charge in [-0.25, -0.2) is 0 Å². The van der Waals surface area contributed by atoms with Crippen LogP contribution < -0.4 is 0 Å². The summed E-state index contributed by atoms with van der Waals surface area (Å²) >= 11 is 0. The number of rotatable bonds is 0. The molecule has 0 saturated heterocycles. The minimum absolute atomic E-state index is 0. The van der Waals surface area contributed by atoms with Crippen LogP contribution in [0.2, 0.25) is 0 Å². The Morgan fingerprint density at radius 2 is 1.21 bits per heavy atom. The summed E-state index contributed by atoms with van der Waals surface area (Å²) in [5.74, 6) is 0. The van der Waals surface area contributed by atoms with Crippen molar-refractivity contribution in [1.82, 2.24) is 4.98 Å². The van der Waals surface area contributed by atoms with Crippen LogP contribution in [-0.2, 0) is 13.1 Å². The summed E-state index contributed by atoms with van der Waals surface area (Å²) in [6.45, 7) is 6.71. The Morgan fingerprint density at radius 1 is 0.789 bits per heavy atom. The minimum Gasteiger partial charge on any atom is -0.665 e. The standard InChI is InChI=1S/C12H17N4.3U/c1-10-6-11-8-14-4-2-13-3-5-15-9-12(7-10)16-11;;;/h6-7H,2-5,8-9H2,1H3;;;/q-3;;;. The Balaban J connectivity index is 0. The van der Waals surface area contributed by atoms with Gasteiger partial charge < -0.3 is 16.0 Å². The van der Waals surface area contributed by atoms with E-state index in [1.807, 2.05) is 0 Å². The van der Waals surface area contributed by atoms with E-state index >= 15 is 0 Å². The Labute approximate surface area is 186 Å². The van der Waals surface area contributed by atoms with E-state index in [4.69, 9.17) is 0 Å². The number of pyridine rings is 1. The van der Waals surface area contributed by atoms with Crippen LogP contribution in [0, 0.1) is 100 Å². The van der Waals surface area contributed by atoms with Crippen LogP contribution in [0.1, 0.15) is 17.0 Å². The fourth-order valence-corrected chi connectivity index (χ4v) is 1.76. The van der Waals surface area contributed by atoms with E-state index in [0.29, 0.717) is 13.1 Å². The first-order valence-corrected chi connectivity index (χ1v) is 5.71. The molecular formula is C12H17N4U3-3. The molecule has 0 fully saturated rings. The molecule has 2 bridgehead atoms. The number of nitrogens with zero attached hydrogens (tertiary/aromatic N) is 4. The van der Waals surface area contributed by atoms with Gasteiger partial charge in [0.2, 0.25) is 0 Å². The third-order valence-corrected chi connectivity index (χ3v) is 2.46. The van der Waals surface area contributed by atoms with E-state index in [0.717, 1.165) is 37.6 Å². The predicted octanol–water partition coefficient (Wildman–Crippen LogP) is 2.52. The van der Waals surface area contributed by atoms with Crippen molar-refractivity contribution < 1.29 is 93.3 Å². The van der Waals surface area contributed by atoms with Gasteiger partial charge in [0.05, 0.1) is 0 Å². The van der Waals surface area contributed by atoms with Crippen molar-refractivity contribution in [3.05, 3.63) is 45.0 Å². The average molecular weight is 931 g/mol. The minimum atomic E-state index is 0. The number of aromatic nitrogens is 1. The summed E-state index contributed by atoms with van der Waals surface area (Å²) in [6.07, 6.45) is 0. The average Bonchev–Trinajstić information content (AvgIpc) is 2.24. The largest absolute Gasteiger partial charge is 0.665 e. The molecule has 0 amide bonds. The third kappa shape index (κ3) is 9.74. The van der Waals surface area contributed by atoms with Crippen LogP contribution in [0.3, 0.4) is 0 Å². The molecule has 2 heterocycles. The van der Waals surface area contributed by atoms with Gasteiger partial charge in [-0.15, -0.1) is 13.1 Å². The number of fused-ring (bicyclic) bond motifs is 2. The van der Waals surface area contributed by atoms with Crippen molar-refractivity contribution in [3.8, 4) is 0 Å². The molecule has 0 aromatic carbocycles. The molecule has 100 valence electrons. The maximum atomic E-state index is 4.55. The summed E-state index contributed by atoms with van der Waals surface area (Å²) in [7, 11) is 0. The SMILES string of the molecule is Cc1cc2nc(c1)C[N-]CC[N-]CC[N-]C2.[U].[U].[U]. The normalized spacial score (nSPS) is 15.6. The first kappa shape index (κ1) is 23.5. The van der Waals surface area contributed by atoms with Gasteiger partial charge in [-0.2, -0.15) is 26.2 Å². The molecule has 0 spiro atoms. The predicted molar refractivity (Wildman–Crippen MR) is 65.9 cm³/mol. The molecule has 1 aliphatic rings. The Morgan fingerprint density at radius 3 is 1.68 bits per heavy atom. The molecule has 19 heavy (non-hydrogen) atoms. The first-order valence-electron chi connectivity index (χ1n) is 5.71. The first-order chi connectivity index (χ1) is 7.84. The second-order valence-corrected chi connectivity index (χ2v) is 4.01. The van der Waals surface area contributed by atoms with Gasteiger partial charge in [-0.1, -0.05) is 0 Å². The van der Waals surface area contributed by atoms with Crippen molar-refractivity contribution in [1.29, 1.82) is 0 Å². The smallest absolute Gasteiger partial charge is 0.0203 e. The number of hydrogen-bond acceptors (Lipinski definition) is 1. The molecule has 4 nitrogen and oxygen atoms in total. The van der Waals surface area contributed by atoms with Crippen LogP contribution in [-0.4, -0.2) is 31.2 Å². The van der Waals surface area contributed by atoms with E-state index in [1.54, 1.807) is 0 Å². The molecule has 0 saturated carbocycles. The molecule has 0 N–H and O–H groups in total. The van der Waals surface area contributed by atoms with Crippen molar-refractivity contribution in [3.63, 3.8) is 0 Å². The molecule has 0 unspecified atom stereocenters. The molecule has 2 rings (SSSR count). The Hall–Kier alpha value is 2.19. The van der Waals surface area contributed by atoms with Crippen LogP contribution in [0.25, 0.3) is 16.0 Å². The molecule has 0 atom stereocenters. The van der Waals surface area contributed by atoms with Crippen LogP contribution in [0.5, 0.6) is 0 Å². The van der Waals surface area contributed by atoms with Gasteiger partial charge >= 0.3 is 0 Å². The zero-order chi connectivity index (χ0) is 11.2. The van der Waals surface area contributed by atoms with E-state index in [2.05, 4.69) is 40.0 Å². The maximum Gasteiger partial charge on any atom is 0.0203 e. The summed E-state index contributed by atoms with van der Waals surface area (Å²) in [5.41, 5.74) is 3.34. The second kappa shape index (κ2) is 13.8. The zero-order valence-corrected chi connectivity index (χ0v) is 23.7. The molecule has 7 heteroatoms. The molecule has 0 radical (unpaired) electrons. The number of aryl methyl sites for hydroxylation is 1. The monoisotopic (exact) mass is 931 g/mol. The maximum absolute atomic E-state index is 4.55. The molecule has 1 aromatic rings. The molecule has 0 aliphatic carbocycles. The fourth-order valence-electron chi connectivity index (χ4n) is 1.76. The fraction of sp³-hybridized carbons (Fsp3) is 0.583. The molecule has 1 aliphatic heterocycles. The van der Waals surface area contributed by atoms with Crippen molar-refractivity contribution in [2.45, 2.75) is 20.0 Å². The van der Waals surface area contributed by atoms with Gasteiger partial charge in [0, 0.05) is 105 Å². The van der Waals surface area contributed by atoms with Gasteiger partial charge in [-0.3, -0.25) is 4.98 Å². The third-order valence-electron chi connectivity index (χ3n) is 2.46. The summed E-state index contributed by atoms with van der Waals surface area (Å²) < 4.78 is 0. The van der Waals surface area contributed by atoms with Crippen LogP contribution in [0.15, 0.2) is 12.1 Å². The van der Waals surface area contributed by atoms with Crippen LogP contribution >= 0.6 is 0 Å². The quantitative estimate of drug-likeness (QED) is 0.396. The van der Waals surface area contributed by atoms with Crippen molar-refractivity contribution >= 4 is 0 Å². The Kier molecular flexibility index (Phi) is 17.1.